The number of benzene rings is 2. The van der Waals surface area contributed by atoms with Gasteiger partial charge in [0.2, 0.25) is 5.91 Å². The summed E-state index contributed by atoms with van der Waals surface area (Å²) >= 11 is 6.20. The lowest BCUT2D eigenvalue weighted by Crippen LogP contribution is -2.40. The molecule has 0 bridgehead atoms. The van der Waals surface area contributed by atoms with Gasteiger partial charge in [-0.15, -0.1) is 0 Å². The molecular weight excluding hydrogens is 322 g/mol. The van der Waals surface area contributed by atoms with Gasteiger partial charge in [-0.3, -0.25) is 4.79 Å². The highest BCUT2D eigenvalue weighted by Crippen LogP contribution is 2.31. The number of fused-ring (bicyclic) bond motifs is 1. The number of halogens is 1. The maximum Gasteiger partial charge on any atom is 0.239 e. The van der Waals surface area contributed by atoms with Crippen LogP contribution in [0, 0.1) is 0 Å². The van der Waals surface area contributed by atoms with Gasteiger partial charge in [0.15, 0.2) is 0 Å². The summed E-state index contributed by atoms with van der Waals surface area (Å²) < 4.78 is 0. The molecule has 3 N–H and O–H groups in total. The topological polar surface area (TPSA) is 58.4 Å². The number of anilines is 2. The third kappa shape index (κ3) is 3.49. The predicted octanol–water partition coefficient (Wildman–Crippen LogP) is 3.55. The van der Waals surface area contributed by atoms with Crippen LogP contribution in [0.5, 0.6) is 0 Å². The zero-order chi connectivity index (χ0) is 17.1. The molecule has 3 rings (SSSR count). The molecule has 0 spiro atoms. The van der Waals surface area contributed by atoms with Crippen LogP contribution >= 0.6 is 11.6 Å². The Morgan fingerprint density at radius 2 is 2.08 bits per heavy atom. The molecule has 1 atom stereocenters. The van der Waals surface area contributed by atoms with Crippen molar-refractivity contribution in [1.29, 1.82) is 0 Å². The van der Waals surface area contributed by atoms with Gasteiger partial charge < -0.3 is 16.0 Å². The summed E-state index contributed by atoms with van der Waals surface area (Å²) in [6, 6.07) is 13.3. The molecule has 1 heterocycles. The molecule has 0 aromatic heterocycles. The van der Waals surface area contributed by atoms with Gasteiger partial charge in [0, 0.05) is 22.9 Å². The van der Waals surface area contributed by atoms with Crippen LogP contribution in [-0.2, 0) is 11.2 Å². The highest BCUT2D eigenvalue weighted by Gasteiger charge is 2.21. The van der Waals surface area contributed by atoms with Crippen LogP contribution in [0.2, 0.25) is 5.02 Å². The number of hydrogen-bond acceptors (Lipinski definition) is 3. The number of nitrogens with two attached hydrogens (primary N) is 1. The Bertz CT molecular complexity index is 747. The molecule has 0 saturated carbocycles. The maximum atomic E-state index is 12.5. The SMILES string of the molecule is CC(NC(=O)CN1CCCc2c(N)cccc21)c1ccccc1Cl. The molecule has 0 radical (unpaired) electrons. The standard InChI is InChI=1S/C19H22ClN3O/c1-13(14-6-2-3-8-16(14)20)22-19(24)12-23-11-5-7-15-17(21)9-4-10-18(15)23/h2-4,6,8-10,13H,5,7,11-12,21H2,1H3,(H,22,24). The van der Waals surface area contributed by atoms with Crippen molar-refractivity contribution in [2.24, 2.45) is 0 Å². The van der Waals surface area contributed by atoms with Gasteiger partial charge in [0.1, 0.15) is 0 Å². The van der Waals surface area contributed by atoms with Crippen LogP contribution in [0.4, 0.5) is 11.4 Å². The minimum atomic E-state index is -0.128. The van der Waals surface area contributed by atoms with Crippen molar-refractivity contribution in [3.8, 4) is 0 Å². The van der Waals surface area contributed by atoms with E-state index in [1.54, 1.807) is 0 Å². The van der Waals surface area contributed by atoms with E-state index in [0.717, 1.165) is 41.9 Å². The fourth-order valence-corrected chi connectivity index (χ4v) is 3.56. The molecule has 0 fully saturated rings. The zero-order valence-corrected chi connectivity index (χ0v) is 14.5. The van der Waals surface area contributed by atoms with Crippen molar-refractivity contribution >= 4 is 28.9 Å². The summed E-state index contributed by atoms with van der Waals surface area (Å²) in [5, 5.41) is 3.70. The van der Waals surface area contributed by atoms with Crippen LogP contribution in [0.25, 0.3) is 0 Å². The molecule has 1 amide bonds. The summed E-state index contributed by atoms with van der Waals surface area (Å²) in [5.41, 5.74) is 10.0. The normalized spacial score (nSPS) is 14.8. The van der Waals surface area contributed by atoms with Crippen LogP contribution in [-0.4, -0.2) is 19.0 Å². The van der Waals surface area contributed by atoms with Crippen molar-refractivity contribution in [2.45, 2.75) is 25.8 Å². The van der Waals surface area contributed by atoms with Crippen LogP contribution < -0.4 is 16.0 Å². The van der Waals surface area contributed by atoms with Gasteiger partial charge in [0.25, 0.3) is 0 Å². The van der Waals surface area contributed by atoms with Gasteiger partial charge in [-0.2, -0.15) is 0 Å². The summed E-state index contributed by atoms with van der Waals surface area (Å²) in [4.78, 5) is 14.6. The summed E-state index contributed by atoms with van der Waals surface area (Å²) in [6.07, 6.45) is 1.98. The summed E-state index contributed by atoms with van der Waals surface area (Å²) in [6.45, 7) is 3.14. The number of hydrogen-bond donors (Lipinski definition) is 2. The molecule has 24 heavy (non-hydrogen) atoms. The zero-order valence-electron chi connectivity index (χ0n) is 13.8. The minimum absolute atomic E-state index is 0.0160. The highest BCUT2D eigenvalue weighted by atomic mass is 35.5. The second-order valence-corrected chi connectivity index (χ2v) is 6.59. The molecule has 5 heteroatoms. The average Bonchev–Trinajstić information content (AvgIpc) is 2.56. The Hall–Kier alpha value is -2.20. The third-order valence-electron chi connectivity index (χ3n) is 4.47. The second-order valence-electron chi connectivity index (χ2n) is 6.18. The Morgan fingerprint density at radius 1 is 1.29 bits per heavy atom. The van der Waals surface area contributed by atoms with Crippen LogP contribution in [0.1, 0.15) is 30.5 Å². The van der Waals surface area contributed by atoms with E-state index in [-0.39, 0.29) is 11.9 Å². The second kappa shape index (κ2) is 7.14. The molecule has 0 aliphatic carbocycles. The lowest BCUT2D eigenvalue weighted by molar-refractivity contribution is -0.120. The number of carbonyl (C=O) groups excluding carboxylic acids is 1. The molecule has 2 aromatic carbocycles. The lowest BCUT2D eigenvalue weighted by atomic mass is 10.00. The largest absolute Gasteiger partial charge is 0.398 e. The van der Waals surface area contributed by atoms with Crippen LogP contribution in [0.15, 0.2) is 42.5 Å². The van der Waals surface area contributed by atoms with E-state index in [4.69, 9.17) is 17.3 Å². The fraction of sp³-hybridized carbons (Fsp3) is 0.316. The van der Waals surface area contributed by atoms with Crippen molar-refractivity contribution in [2.75, 3.05) is 23.7 Å². The van der Waals surface area contributed by atoms with Crippen molar-refractivity contribution in [3.63, 3.8) is 0 Å². The lowest BCUT2D eigenvalue weighted by Gasteiger charge is -2.31. The summed E-state index contributed by atoms with van der Waals surface area (Å²) in [5.74, 6) is -0.0160. The van der Waals surface area contributed by atoms with E-state index in [1.807, 2.05) is 49.4 Å². The van der Waals surface area contributed by atoms with E-state index in [2.05, 4.69) is 10.2 Å². The molecule has 2 aromatic rings. The Labute approximate surface area is 147 Å². The average molecular weight is 344 g/mol. The minimum Gasteiger partial charge on any atom is -0.398 e. The Morgan fingerprint density at radius 3 is 2.88 bits per heavy atom. The van der Waals surface area contributed by atoms with E-state index in [9.17, 15) is 4.79 Å². The molecule has 1 aliphatic rings. The highest BCUT2D eigenvalue weighted by molar-refractivity contribution is 6.31. The molecule has 1 aliphatic heterocycles. The molecular formula is C19H22ClN3O. The van der Waals surface area contributed by atoms with E-state index in [1.165, 1.54) is 0 Å². The number of nitrogens with one attached hydrogen (secondary N) is 1. The first-order valence-electron chi connectivity index (χ1n) is 8.22. The van der Waals surface area contributed by atoms with E-state index < -0.39 is 0 Å². The first kappa shape index (κ1) is 16.7. The fourth-order valence-electron chi connectivity index (χ4n) is 3.26. The quantitative estimate of drug-likeness (QED) is 0.835. The molecule has 1 unspecified atom stereocenters. The van der Waals surface area contributed by atoms with E-state index >= 15 is 0 Å². The van der Waals surface area contributed by atoms with Crippen molar-refractivity contribution in [1.82, 2.24) is 5.32 Å². The molecule has 4 nitrogen and oxygen atoms in total. The predicted molar refractivity (Wildman–Crippen MR) is 99.4 cm³/mol. The van der Waals surface area contributed by atoms with Gasteiger partial charge in [-0.1, -0.05) is 35.9 Å². The molecule has 0 saturated heterocycles. The Kier molecular flexibility index (Phi) is 4.95. The number of nitrogens with zero attached hydrogens (tertiary/aromatic N) is 1. The van der Waals surface area contributed by atoms with Crippen LogP contribution in [0.3, 0.4) is 0 Å². The van der Waals surface area contributed by atoms with Crippen molar-refractivity contribution < 1.29 is 4.79 Å². The van der Waals surface area contributed by atoms with Gasteiger partial charge in [0.05, 0.1) is 12.6 Å². The first-order valence-corrected chi connectivity index (χ1v) is 8.60. The first-order chi connectivity index (χ1) is 11.6. The van der Waals surface area contributed by atoms with Gasteiger partial charge in [-0.05, 0) is 49.1 Å². The third-order valence-corrected chi connectivity index (χ3v) is 4.81. The van der Waals surface area contributed by atoms with E-state index in [0.29, 0.717) is 11.6 Å². The number of rotatable bonds is 4. The van der Waals surface area contributed by atoms with Gasteiger partial charge >= 0.3 is 0 Å². The molecule has 126 valence electrons. The smallest absolute Gasteiger partial charge is 0.239 e. The van der Waals surface area contributed by atoms with Crippen molar-refractivity contribution in [3.05, 3.63) is 58.6 Å². The number of amides is 1. The Balaban J connectivity index is 1.68. The number of nitrogen functional groups attached to an aromatic ring is 1. The monoisotopic (exact) mass is 343 g/mol. The summed E-state index contributed by atoms with van der Waals surface area (Å²) in [7, 11) is 0. The van der Waals surface area contributed by atoms with Gasteiger partial charge in [-0.25, -0.2) is 0 Å². The number of carbonyl (C=O) groups is 1. The maximum absolute atomic E-state index is 12.5.